The monoisotopic (exact) mass is 276 g/mol. The molecule has 1 aromatic carbocycles. The Morgan fingerprint density at radius 3 is 2.56 bits per heavy atom. The fourth-order valence-electron chi connectivity index (χ4n) is 1.52. The SMILES string of the molecule is CC(Nc1ncccc1Br)c1ccccc1. The molecule has 1 atom stereocenters. The van der Waals surface area contributed by atoms with Gasteiger partial charge >= 0.3 is 0 Å². The van der Waals surface area contributed by atoms with E-state index in [0.717, 1.165) is 10.3 Å². The lowest BCUT2D eigenvalue weighted by Gasteiger charge is -2.15. The van der Waals surface area contributed by atoms with Crippen LogP contribution in [-0.2, 0) is 0 Å². The van der Waals surface area contributed by atoms with Crippen LogP contribution in [0.4, 0.5) is 5.82 Å². The molecule has 1 N–H and O–H groups in total. The minimum absolute atomic E-state index is 0.243. The van der Waals surface area contributed by atoms with Gasteiger partial charge in [0.1, 0.15) is 5.82 Å². The van der Waals surface area contributed by atoms with E-state index in [4.69, 9.17) is 0 Å². The maximum atomic E-state index is 4.29. The molecule has 0 bridgehead atoms. The van der Waals surface area contributed by atoms with Crippen LogP contribution in [0.15, 0.2) is 53.1 Å². The third kappa shape index (κ3) is 2.61. The Hall–Kier alpha value is -1.35. The van der Waals surface area contributed by atoms with E-state index in [-0.39, 0.29) is 6.04 Å². The van der Waals surface area contributed by atoms with Gasteiger partial charge in [-0.15, -0.1) is 0 Å². The van der Waals surface area contributed by atoms with Gasteiger partial charge in [-0.25, -0.2) is 4.98 Å². The molecule has 0 aliphatic heterocycles. The minimum Gasteiger partial charge on any atom is -0.363 e. The van der Waals surface area contributed by atoms with E-state index in [0.29, 0.717) is 0 Å². The summed E-state index contributed by atoms with van der Waals surface area (Å²) in [5, 5.41) is 3.37. The third-order valence-electron chi connectivity index (χ3n) is 2.41. The molecule has 0 radical (unpaired) electrons. The first-order chi connectivity index (χ1) is 7.77. The maximum absolute atomic E-state index is 4.29. The second-order valence-electron chi connectivity index (χ2n) is 3.61. The smallest absolute Gasteiger partial charge is 0.140 e. The normalized spacial score (nSPS) is 12.1. The first-order valence-electron chi connectivity index (χ1n) is 5.19. The molecule has 0 aliphatic rings. The third-order valence-corrected chi connectivity index (χ3v) is 3.05. The van der Waals surface area contributed by atoms with E-state index in [2.05, 4.69) is 45.3 Å². The lowest BCUT2D eigenvalue weighted by Crippen LogP contribution is -2.07. The number of hydrogen-bond acceptors (Lipinski definition) is 2. The van der Waals surface area contributed by atoms with E-state index in [9.17, 15) is 0 Å². The minimum atomic E-state index is 0.243. The van der Waals surface area contributed by atoms with Gasteiger partial charge in [-0.05, 0) is 40.5 Å². The fourth-order valence-corrected chi connectivity index (χ4v) is 1.89. The molecule has 2 nitrogen and oxygen atoms in total. The standard InChI is InChI=1S/C13H13BrN2/c1-10(11-6-3-2-4-7-11)16-13-12(14)8-5-9-15-13/h2-10H,1H3,(H,15,16). The van der Waals surface area contributed by atoms with Gasteiger partial charge in [0.05, 0.1) is 4.47 Å². The summed E-state index contributed by atoms with van der Waals surface area (Å²) in [7, 11) is 0. The van der Waals surface area contributed by atoms with Crippen molar-refractivity contribution in [3.8, 4) is 0 Å². The predicted molar refractivity (Wildman–Crippen MR) is 70.4 cm³/mol. The molecular formula is C13H13BrN2. The lowest BCUT2D eigenvalue weighted by molar-refractivity contribution is 0.873. The predicted octanol–water partition coefficient (Wildman–Crippen LogP) is 4.02. The average Bonchev–Trinajstić information content (AvgIpc) is 2.33. The van der Waals surface area contributed by atoms with Crippen molar-refractivity contribution in [2.75, 3.05) is 5.32 Å². The van der Waals surface area contributed by atoms with Crippen molar-refractivity contribution in [1.29, 1.82) is 0 Å². The van der Waals surface area contributed by atoms with Crippen LogP contribution in [0.2, 0.25) is 0 Å². The quantitative estimate of drug-likeness (QED) is 0.916. The van der Waals surface area contributed by atoms with Crippen molar-refractivity contribution in [2.45, 2.75) is 13.0 Å². The molecule has 0 fully saturated rings. The maximum Gasteiger partial charge on any atom is 0.140 e. The zero-order valence-electron chi connectivity index (χ0n) is 9.02. The summed E-state index contributed by atoms with van der Waals surface area (Å²) in [6.07, 6.45) is 1.78. The van der Waals surface area contributed by atoms with E-state index in [1.165, 1.54) is 5.56 Å². The van der Waals surface area contributed by atoms with Crippen molar-refractivity contribution in [3.63, 3.8) is 0 Å². The van der Waals surface area contributed by atoms with E-state index in [1.807, 2.05) is 30.3 Å². The van der Waals surface area contributed by atoms with Crippen LogP contribution in [0.25, 0.3) is 0 Å². The Kier molecular flexibility index (Phi) is 3.57. The zero-order chi connectivity index (χ0) is 11.4. The highest BCUT2D eigenvalue weighted by Crippen LogP contribution is 2.23. The van der Waals surface area contributed by atoms with Crippen molar-refractivity contribution in [3.05, 3.63) is 58.7 Å². The molecule has 16 heavy (non-hydrogen) atoms. The number of anilines is 1. The van der Waals surface area contributed by atoms with Crippen molar-refractivity contribution < 1.29 is 0 Å². The molecule has 1 unspecified atom stereocenters. The topological polar surface area (TPSA) is 24.9 Å². The Labute approximate surface area is 104 Å². The summed E-state index contributed by atoms with van der Waals surface area (Å²) in [5.74, 6) is 0.874. The summed E-state index contributed by atoms with van der Waals surface area (Å²) in [6.45, 7) is 2.12. The molecule has 0 amide bonds. The summed E-state index contributed by atoms with van der Waals surface area (Å²) in [6, 6.07) is 14.4. The van der Waals surface area contributed by atoms with Crippen LogP contribution in [0.3, 0.4) is 0 Å². The van der Waals surface area contributed by atoms with Crippen LogP contribution in [0.5, 0.6) is 0 Å². The van der Waals surface area contributed by atoms with Gasteiger partial charge in [-0.2, -0.15) is 0 Å². The Bertz CT molecular complexity index is 456. The molecule has 1 heterocycles. The van der Waals surface area contributed by atoms with E-state index < -0.39 is 0 Å². The second kappa shape index (κ2) is 5.12. The number of benzene rings is 1. The number of rotatable bonds is 3. The van der Waals surface area contributed by atoms with Crippen LogP contribution in [0.1, 0.15) is 18.5 Å². The lowest BCUT2D eigenvalue weighted by atomic mass is 10.1. The number of hydrogen-bond donors (Lipinski definition) is 1. The molecule has 0 saturated carbocycles. The number of aromatic nitrogens is 1. The molecule has 2 aromatic rings. The molecule has 0 spiro atoms. The highest BCUT2D eigenvalue weighted by molar-refractivity contribution is 9.10. The first kappa shape index (κ1) is 11.1. The Morgan fingerprint density at radius 1 is 1.12 bits per heavy atom. The Morgan fingerprint density at radius 2 is 1.88 bits per heavy atom. The number of nitrogens with one attached hydrogen (secondary N) is 1. The van der Waals surface area contributed by atoms with Gasteiger partial charge < -0.3 is 5.32 Å². The summed E-state index contributed by atoms with van der Waals surface area (Å²) in [4.78, 5) is 4.29. The van der Waals surface area contributed by atoms with Crippen LogP contribution >= 0.6 is 15.9 Å². The Balaban J connectivity index is 2.14. The summed E-state index contributed by atoms with van der Waals surface area (Å²) < 4.78 is 0.984. The van der Waals surface area contributed by atoms with Gasteiger partial charge in [0, 0.05) is 12.2 Å². The molecule has 82 valence electrons. The number of pyridine rings is 1. The van der Waals surface area contributed by atoms with Crippen molar-refractivity contribution in [1.82, 2.24) is 4.98 Å². The number of nitrogens with zero attached hydrogens (tertiary/aromatic N) is 1. The van der Waals surface area contributed by atoms with Crippen LogP contribution < -0.4 is 5.32 Å². The highest BCUT2D eigenvalue weighted by atomic mass is 79.9. The molecule has 0 aliphatic carbocycles. The molecular weight excluding hydrogens is 264 g/mol. The molecule has 1 aromatic heterocycles. The average molecular weight is 277 g/mol. The second-order valence-corrected chi connectivity index (χ2v) is 4.46. The van der Waals surface area contributed by atoms with Crippen LogP contribution in [-0.4, -0.2) is 4.98 Å². The number of halogens is 1. The van der Waals surface area contributed by atoms with Gasteiger partial charge in [0.2, 0.25) is 0 Å². The first-order valence-corrected chi connectivity index (χ1v) is 5.98. The summed E-state index contributed by atoms with van der Waals surface area (Å²) >= 11 is 3.47. The molecule has 3 heteroatoms. The van der Waals surface area contributed by atoms with Gasteiger partial charge in [0.25, 0.3) is 0 Å². The van der Waals surface area contributed by atoms with Crippen LogP contribution in [0, 0.1) is 0 Å². The summed E-state index contributed by atoms with van der Waals surface area (Å²) in [5.41, 5.74) is 1.25. The van der Waals surface area contributed by atoms with Crippen molar-refractivity contribution >= 4 is 21.7 Å². The molecule has 0 saturated heterocycles. The largest absolute Gasteiger partial charge is 0.363 e. The van der Waals surface area contributed by atoms with E-state index >= 15 is 0 Å². The zero-order valence-corrected chi connectivity index (χ0v) is 10.6. The van der Waals surface area contributed by atoms with Gasteiger partial charge in [-0.3, -0.25) is 0 Å². The molecule has 2 rings (SSSR count). The fraction of sp³-hybridized carbons (Fsp3) is 0.154. The van der Waals surface area contributed by atoms with Gasteiger partial charge in [-0.1, -0.05) is 30.3 Å². The van der Waals surface area contributed by atoms with E-state index in [1.54, 1.807) is 6.20 Å². The van der Waals surface area contributed by atoms with Gasteiger partial charge in [0.15, 0.2) is 0 Å². The highest BCUT2D eigenvalue weighted by Gasteiger charge is 2.06. The van der Waals surface area contributed by atoms with Crippen molar-refractivity contribution in [2.24, 2.45) is 0 Å².